The second-order valence-corrected chi connectivity index (χ2v) is 19.9. The molecule has 6 saturated carbocycles. The molecule has 0 bridgehead atoms. The molecule has 0 aromatic carbocycles. The van der Waals surface area contributed by atoms with E-state index in [0.29, 0.717) is 23.7 Å². The predicted octanol–water partition coefficient (Wildman–Crippen LogP) is 13.5. The van der Waals surface area contributed by atoms with Crippen LogP contribution in [0.1, 0.15) is 229 Å². The van der Waals surface area contributed by atoms with Gasteiger partial charge in [0.1, 0.15) is 0 Å². The van der Waals surface area contributed by atoms with E-state index in [2.05, 4.69) is 47.7 Å². The first-order chi connectivity index (χ1) is 25.9. The average molecular weight is 727 g/mol. The summed E-state index contributed by atoms with van der Waals surface area (Å²) >= 11 is 0. The lowest BCUT2D eigenvalue weighted by atomic mass is 9.68. The fourth-order valence-corrected chi connectivity index (χ4v) is 13.1. The first-order valence-corrected chi connectivity index (χ1v) is 23.3. The zero-order valence-electron chi connectivity index (χ0n) is 34.0. The van der Waals surface area contributed by atoms with Gasteiger partial charge in [-0.15, -0.1) is 20.4 Å². The lowest BCUT2D eigenvalue weighted by Crippen LogP contribution is -2.26. The maximum Gasteiger partial charge on any atom is 0.219 e. The summed E-state index contributed by atoms with van der Waals surface area (Å²) in [5.74, 6) is 13.7. The van der Waals surface area contributed by atoms with Crippen LogP contribution >= 0.6 is 0 Å². The summed E-state index contributed by atoms with van der Waals surface area (Å²) in [5.41, 5.74) is 1.49. The first kappa shape index (κ1) is 37.9. The summed E-state index contributed by atoms with van der Waals surface area (Å²) in [7, 11) is 0. The Morgan fingerprint density at radius 3 is 0.981 bits per heavy atom. The molecular formula is C47H74N4O2. The van der Waals surface area contributed by atoms with Gasteiger partial charge in [-0.2, -0.15) is 0 Å². The molecule has 6 aliphatic rings. The van der Waals surface area contributed by atoms with Crippen LogP contribution in [0.15, 0.2) is 21.0 Å². The van der Waals surface area contributed by atoms with Gasteiger partial charge in [0.25, 0.3) is 0 Å². The van der Waals surface area contributed by atoms with Crippen molar-refractivity contribution in [1.82, 2.24) is 20.4 Å². The summed E-state index contributed by atoms with van der Waals surface area (Å²) in [4.78, 5) is 0. The molecule has 0 aliphatic heterocycles. The molecule has 8 rings (SSSR count). The van der Waals surface area contributed by atoms with E-state index in [-0.39, 0.29) is 0 Å². The van der Waals surface area contributed by atoms with Gasteiger partial charge in [0.2, 0.25) is 23.6 Å². The number of hydrogen-bond donors (Lipinski definition) is 0. The van der Waals surface area contributed by atoms with Crippen molar-refractivity contribution >= 4 is 0 Å². The van der Waals surface area contributed by atoms with Crippen LogP contribution in [0.25, 0.3) is 0 Å². The monoisotopic (exact) mass is 727 g/mol. The van der Waals surface area contributed by atoms with Crippen LogP contribution in [0, 0.1) is 53.3 Å². The minimum absolute atomic E-state index is 0.458. The molecule has 53 heavy (non-hydrogen) atoms. The number of rotatable bonds is 10. The van der Waals surface area contributed by atoms with E-state index >= 15 is 0 Å². The topological polar surface area (TPSA) is 77.8 Å². The Morgan fingerprint density at radius 1 is 0.453 bits per heavy atom. The minimum atomic E-state index is 0.458. The Morgan fingerprint density at radius 2 is 0.717 bits per heavy atom. The summed E-state index contributed by atoms with van der Waals surface area (Å²) < 4.78 is 12.9. The highest BCUT2D eigenvalue weighted by Gasteiger charge is 2.38. The molecule has 6 nitrogen and oxygen atoms in total. The second-order valence-electron chi connectivity index (χ2n) is 19.9. The summed E-state index contributed by atoms with van der Waals surface area (Å²) in [6.07, 6.45) is 33.0. The van der Waals surface area contributed by atoms with Gasteiger partial charge in [0.15, 0.2) is 0 Å². The van der Waals surface area contributed by atoms with Crippen molar-refractivity contribution in [2.75, 3.05) is 0 Å². The Labute approximate surface area is 322 Å². The molecule has 0 amide bonds. The third-order valence-corrected chi connectivity index (χ3v) is 17.0. The molecular weight excluding hydrogens is 653 g/mol. The van der Waals surface area contributed by atoms with E-state index in [1.54, 1.807) is 0 Å². The van der Waals surface area contributed by atoms with Crippen molar-refractivity contribution in [2.45, 2.75) is 205 Å². The number of allylic oxidation sites excluding steroid dienone is 1. The van der Waals surface area contributed by atoms with Crippen molar-refractivity contribution in [1.29, 1.82) is 0 Å². The Balaban J connectivity index is 0.732. The first-order valence-electron chi connectivity index (χ1n) is 23.3. The third kappa shape index (κ3) is 8.87. The molecule has 6 heteroatoms. The molecule has 0 unspecified atom stereocenters. The molecule has 6 aliphatic carbocycles. The standard InChI is InChI=1S/C47H74N4O2/c1-5-31(4)33-8-12-35(13-9-33)37-16-24-41(25-17-37)45-49-51-47(53-45)43-28-20-39(21-29-43)38-18-26-42(27-19-38)46-50-48-44(52-46)40-22-14-36(15-23-40)34-10-6-32(7-11-34)30(2)3/h30,32-43H,4-29H2,1-3H3. The Hall–Kier alpha value is -1.98. The molecule has 294 valence electrons. The van der Waals surface area contributed by atoms with Crippen molar-refractivity contribution in [3.63, 3.8) is 0 Å². The molecule has 0 radical (unpaired) electrons. The van der Waals surface area contributed by atoms with Crippen LogP contribution < -0.4 is 0 Å². The molecule has 2 aromatic heterocycles. The molecule has 6 fully saturated rings. The number of aromatic nitrogens is 4. The highest BCUT2D eigenvalue weighted by molar-refractivity contribution is 5.04. The van der Waals surface area contributed by atoms with Crippen molar-refractivity contribution in [3.05, 3.63) is 35.7 Å². The fourth-order valence-electron chi connectivity index (χ4n) is 13.1. The lowest BCUT2D eigenvalue weighted by molar-refractivity contribution is 0.138. The van der Waals surface area contributed by atoms with Crippen LogP contribution in [0.2, 0.25) is 0 Å². The van der Waals surface area contributed by atoms with Gasteiger partial charge in [-0.1, -0.05) is 32.9 Å². The van der Waals surface area contributed by atoms with Crippen LogP contribution in [-0.2, 0) is 0 Å². The fraction of sp³-hybridized carbons (Fsp3) is 0.872. The van der Waals surface area contributed by atoms with Gasteiger partial charge >= 0.3 is 0 Å². The maximum atomic E-state index is 6.47. The highest BCUT2D eigenvalue weighted by atomic mass is 16.4. The number of nitrogens with zero attached hydrogens (tertiary/aromatic N) is 4. The summed E-state index contributed by atoms with van der Waals surface area (Å²) in [6.45, 7) is 11.5. The third-order valence-electron chi connectivity index (χ3n) is 17.0. The Bertz CT molecular complexity index is 1410. The SMILES string of the molecule is C=C(CC)C1CCC(C2CCC(c3nnc(C4CCC(C5CCC(c6nnc(C7CCC(C8CCC(C(C)C)CC8)CC7)o6)CC5)CC4)o3)CC2)CC1. The van der Waals surface area contributed by atoms with E-state index < -0.39 is 0 Å². The van der Waals surface area contributed by atoms with Crippen molar-refractivity contribution in [3.8, 4) is 0 Å². The van der Waals surface area contributed by atoms with E-state index in [9.17, 15) is 0 Å². The molecule has 0 atom stereocenters. The van der Waals surface area contributed by atoms with E-state index in [4.69, 9.17) is 8.83 Å². The van der Waals surface area contributed by atoms with Gasteiger partial charge in [-0.05, 0) is 214 Å². The van der Waals surface area contributed by atoms with Gasteiger partial charge < -0.3 is 8.83 Å². The van der Waals surface area contributed by atoms with Crippen molar-refractivity contribution in [2.24, 2.45) is 53.3 Å². The van der Waals surface area contributed by atoms with E-state index in [1.807, 2.05) is 0 Å². The molecule has 0 saturated heterocycles. The average Bonchev–Trinajstić information content (AvgIpc) is 3.93. The second kappa shape index (κ2) is 17.4. The minimum Gasteiger partial charge on any atom is -0.425 e. The van der Waals surface area contributed by atoms with Crippen molar-refractivity contribution < 1.29 is 8.83 Å². The smallest absolute Gasteiger partial charge is 0.219 e. The van der Waals surface area contributed by atoms with Gasteiger partial charge in [0.05, 0.1) is 0 Å². The van der Waals surface area contributed by atoms with E-state index in [1.165, 1.54) is 160 Å². The van der Waals surface area contributed by atoms with Gasteiger partial charge in [-0.3, -0.25) is 0 Å². The molecule has 2 heterocycles. The van der Waals surface area contributed by atoms with Gasteiger partial charge in [-0.25, -0.2) is 0 Å². The highest BCUT2D eigenvalue weighted by Crippen LogP contribution is 2.49. The molecule has 2 aromatic rings. The molecule has 0 N–H and O–H groups in total. The summed E-state index contributed by atoms with van der Waals surface area (Å²) in [5, 5.41) is 18.6. The summed E-state index contributed by atoms with van der Waals surface area (Å²) in [6, 6.07) is 0. The lowest BCUT2D eigenvalue weighted by Gasteiger charge is -2.38. The van der Waals surface area contributed by atoms with Crippen LogP contribution in [0.3, 0.4) is 0 Å². The van der Waals surface area contributed by atoms with Gasteiger partial charge in [0, 0.05) is 23.7 Å². The van der Waals surface area contributed by atoms with Crippen LogP contribution in [-0.4, -0.2) is 20.4 Å². The predicted molar refractivity (Wildman–Crippen MR) is 213 cm³/mol. The van der Waals surface area contributed by atoms with Crippen LogP contribution in [0.5, 0.6) is 0 Å². The number of hydrogen-bond acceptors (Lipinski definition) is 6. The Kier molecular flexibility index (Phi) is 12.5. The maximum absolute atomic E-state index is 6.47. The van der Waals surface area contributed by atoms with E-state index in [0.717, 1.165) is 83.2 Å². The molecule has 0 spiro atoms. The zero-order chi connectivity index (χ0) is 36.3. The quantitative estimate of drug-likeness (QED) is 0.227. The zero-order valence-corrected chi connectivity index (χ0v) is 34.0. The normalized spacial score (nSPS) is 38.9. The van der Waals surface area contributed by atoms with Crippen LogP contribution in [0.4, 0.5) is 0 Å². The largest absolute Gasteiger partial charge is 0.425 e.